The van der Waals surface area contributed by atoms with Crippen molar-refractivity contribution in [3.63, 3.8) is 0 Å². The molecule has 132 valence electrons. The maximum Gasteiger partial charge on any atom is 0.229 e. The molecule has 1 aliphatic heterocycles. The number of nitrogens with one attached hydrogen (secondary N) is 1. The Morgan fingerprint density at radius 3 is 2.58 bits per heavy atom. The highest BCUT2D eigenvalue weighted by Gasteiger charge is 2.28. The summed E-state index contributed by atoms with van der Waals surface area (Å²) >= 11 is 2.26. The van der Waals surface area contributed by atoms with Gasteiger partial charge in [0.15, 0.2) is 0 Å². The van der Waals surface area contributed by atoms with E-state index < -0.39 is 0 Å². The zero-order valence-electron chi connectivity index (χ0n) is 14.1. The van der Waals surface area contributed by atoms with E-state index in [9.17, 15) is 5.11 Å². The number of para-hydroxylation sites is 1. The molecule has 1 aliphatic rings. The zero-order chi connectivity index (χ0) is 17.9. The van der Waals surface area contributed by atoms with E-state index in [-0.39, 0.29) is 12.6 Å². The van der Waals surface area contributed by atoms with Gasteiger partial charge in [0.05, 0.1) is 16.2 Å². The highest BCUT2D eigenvalue weighted by molar-refractivity contribution is 14.1. The molecule has 0 unspecified atom stereocenters. The van der Waals surface area contributed by atoms with Gasteiger partial charge in [0.1, 0.15) is 5.82 Å². The fourth-order valence-corrected chi connectivity index (χ4v) is 3.84. The third-order valence-electron chi connectivity index (χ3n) is 4.59. The normalized spacial score (nSPS) is 16.2. The first-order chi connectivity index (χ1) is 12.7. The van der Waals surface area contributed by atoms with E-state index in [0.29, 0.717) is 5.95 Å². The van der Waals surface area contributed by atoms with Crippen LogP contribution in [0.2, 0.25) is 0 Å². The predicted molar refractivity (Wildman–Crippen MR) is 112 cm³/mol. The summed E-state index contributed by atoms with van der Waals surface area (Å²) < 4.78 is 0.971. The molecule has 5 nitrogen and oxygen atoms in total. The smallest absolute Gasteiger partial charge is 0.229 e. The van der Waals surface area contributed by atoms with Crippen LogP contribution in [0.15, 0.2) is 60.8 Å². The lowest BCUT2D eigenvalue weighted by Gasteiger charge is -2.37. The predicted octanol–water partition coefficient (Wildman–Crippen LogP) is 3.75. The summed E-state index contributed by atoms with van der Waals surface area (Å²) in [6.07, 6.45) is 2.64. The molecule has 6 heteroatoms. The zero-order valence-corrected chi connectivity index (χ0v) is 16.3. The van der Waals surface area contributed by atoms with Crippen molar-refractivity contribution in [2.24, 2.45) is 0 Å². The van der Waals surface area contributed by atoms with Crippen molar-refractivity contribution >= 4 is 40.0 Å². The van der Waals surface area contributed by atoms with Crippen LogP contribution in [-0.2, 0) is 13.0 Å². The molecule has 1 aromatic heterocycles. The van der Waals surface area contributed by atoms with E-state index >= 15 is 0 Å². The van der Waals surface area contributed by atoms with E-state index in [4.69, 9.17) is 4.98 Å². The van der Waals surface area contributed by atoms with Gasteiger partial charge < -0.3 is 15.3 Å². The van der Waals surface area contributed by atoms with Gasteiger partial charge in [-0.3, -0.25) is 0 Å². The van der Waals surface area contributed by atoms with Crippen molar-refractivity contribution in [1.82, 2.24) is 9.97 Å². The Hall–Kier alpha value is -2.19. The molecule has 0 amide bonds. The summed E-state index contributed by atoms with van der Waals surface area (Å²) in [4.78, 5) is 11.3. The second kappa shape index (κ2) is 7.59. The Bertz CT molecular complexity index is 903. The minimum absolute atomic E-state index is 0.0119. The summed E-state index contributed by atoms with van der Waals surface area (Å²) in [5, 5.41) is 13.2. The van der Waals surface area contributed by atoms with E-state index in [1.54, 1.807) is 0 Å². The topological polar surface area (TPSA) is 61.3 Å². The maximum absolute atomic E-state index is 9.94. The number of hydrogen-bond donors (Lipinski definition) is 2. The Morgan fingerprint density at radius 1 is 1.08 bits per heavy atom. The fraction of sp³-hybridized carbons (Fsp3) is 0.200. The molecule has 0 aliphatic carbocycles. The molecule has 0 saturated carbocycles. The Kier molecular flexibility index (Phi) is 5.03. The number of fused-ring (bicyclic) bond motifs is 1. The summed E-state index contributed by atoms with van der Waals surface area (Å²) in [7, 11) is 0. The van der Waals surface area contributed by atoms with Crippen LogP contribution in [0.25, 0.3) is 0 Å². The van der Waals surface area contributed by atoms with Gasteiger partial charge >= 0.3 is 0 Å². The minimum Gasteiger partial charge on any atom is -0.394 e. The summed E-state index contributed by atoms with van der Waals surface area (Å²) in [6.45, 7) is 0.828. The molecule has 2 heterocycles. The molecule has 0 fully saturated rings. The molecule has 0 radical (unpaired) electrons. The number of hydrogen-bond acceptors (Lipinski definition) is 5. The molecule has 2 aromatic carbocycles. The number of benzene rings is 2. The Balaban J connectivity index is 1.67. The molecule has 3 aromatic rings. The number of halogens is 1. The van der Waals surface area contributed by atoms with Gasteiger partial charge in [-0.25, -0.2) is 4.98 Å². The molecule has 0 saturated heterocycles. The van der Waals surface area contributed by atoms with Gasteiger partial charge in [-0.05, 0) is 52.3 Å². The van der Waals surface area contributed by atoms with E-state index in [1.165, 1.54) is 11.1 Å². The average molecular weight is 458 g/mol. The largest absolute Gasteiger partial charge is 0.394 e. The van der Waals surface area contributed by atoms with Crippen molar-refractivity contribution in [3.8, 4) is 0 Å². The highest BCUT2D eigenvalue weighted by Crippen LogP contribution is 2.31. The fourth-order valence-electron chi connectivity index (χ4n) is 3.27. The third kappa shape index (κ3) is 3.52. The van der Waals surface area contributed by atoms with E-state index in [0.717, 1.165) is 28.0 Å². The lowest BCUT2D eigenvalue weighted by molar-refractivity contribution is 0.253. The average Bonchev–Trinajstić information content (AvgIpc) is 2.69. The molecule has 1 atom stereocenters. The van der Waals surface area contributed by atoms with Crippen LogP contribution in [0.3, 0.4) is 0 Å². The number of aliphatic hydroxyl groups is 1. The molecule has 0 bridgehead atoms. The summed E-state index contributed by atoms with van der Waals surface area (Å²) in [5.41, 5.74) is 3.53. The molecule has 26 heavy (non-hydrogen) atoms. The Labute approximate surface area is 166 Å². The molecule has 0 spiro atoms. The van der Waals surface area contributed by atoms with E-state index in [2.05, 4.69) is 62.1 Å². The quantitative estimate of drug-likeness (QED) is 0.584. The monoisotopic (exact) mass is 458 g/mol. The molecule has 4 rings (SSSR count). The van der Waals surface area contributed by atoms with Crippen molar-refractivity contribution in [1.29, 1.82) is 0 Å². The van der Waals surface area contributed by atoms with Crippen molar-refractivity contribution < 1.29 is 5.11 Å². The highest BCUT2D eigenvalue weighted by atomic mass is 127. The van der Waals surface area contributed by atoms with Gasteiger partial charge in [0.25, 0.3) is 0 Å². The van der Waals surface area contributed by atoms with Crippen molar-refractivity contribution in [3.05, 3.63) is 75.5 Å². The molecular formula is C20H19IN4O. The Morgan fingerprint density at radius 2 is 1.81 bits per heavy atom. The van der Waals surface area contributed by atoms with Crippen LogP contribution < -0.4 is 10.2 Å². The first-order valence-corrected chi connectivity index (χ1v) is 9.61. The molecular weight excluding hydrogens is 439 g/mol. The van der Waals surface area contributed by atoms with Crippen LogP contribution >= 0.6 is 22.6 Å². The van der Waals surface area contributed by atoms with Gasteiger partial charge in [0, 0.05) is 18.4 Å². The number of aliphatic hydroxyl groups excluding tert-OH is 1. The van der Waals surface area contributed by atoms with E-state index in [1.807, 2.05) is 36.5 Å². The number of nitrogens with zero attached hydrogens (tertiary/aromatic N) is 3. The van der Waals surface area contributed by atoms with Crippen LogP contribution in [0.4, 0.5) is 17.5 Å². The number of anilines is 3. The lowest BCUT2D eigenvalue weighted by atomic mass is 9.94. The SMILES string of the molecule is OC[C@@H]1Cc2ccccc2CN1c1nc(Nc2ccccc2)ncc1I. The van der Waals surface area contributed by atoms with Gasteiger partial charge in [-0.1, -0.05) is 42.5 Å². The van der Waals surface area contributed by atoms with Crippen LogP contribution in [0.5, 0.6) is 0 Å². The van der Waals surface area contributed by atoms with Crippen LogP contribution in [-0.4, -0.2) is 27.7 Å². The second-order valence-corrected chi connectivity index (χ2v) is 7.46. The third-order valence-corrected chi connectivity index (χ3v) is 5.35. The van der Waals surface area contributed by atoms with Gasteiger partial charge in [-0.2, -0.15) is 4.98 Å². The first kappa shape index (κ1) is 17.2. The number of rotatable bonds is 4. The second-order valence-electron chi connectivity index (χ2n) is 6.29. The van der Waals surface area contributed by atoms with Gasteiger partial charge in [-0.15, -0.1) is 0 Å². The van der Waals surface area contributed by atoms with Crippen molar-refractivity contribution in [2.45, 2.75) is 19.0 Å². The van der Waals surface area contributed by atoms with Crippen LogP contribution in [0, 0.1) is 3.57 Å². The first-order valence-electron chi connectivity index (χ1n) is 8.53. The summed E-state index contributed by atoms with van der Waals surface area (Å²) in [6, 6.07) is 18.3. The standard InChI is InChI=1S/C20H19IN4O/c21-18-11-22-20(23-16-8-2-1-3-9-16)24-19(18)25-12-15-7-5-4-6-14(15)10-17(25)13-26/h1-9,11,17,26H,10,12-13H2,(H,22,23,24)/t17-/m0/s1. The molecule has 2 N–H and O–H groups in total. The summed E-state index contributed by atoms with van der Waals surface area (Å²) in [5.74, 6) is 1.41. The lowest BCUT2D eigenvalue weighted by Crippen LogP contribution is -2.43. The number of aromatic nitrogens is 2. The minimum atomic E-state index is 0.0119. The van der Waals surface area contributed by atoms with Gasteiger partial charge in [0.2, 0.25) is 5.95 Å². The van der Waals surface area contributed by atoms with Crippen LogP contribution in [0.1, 0.15) is 11.1 Å². The van der Waals surface area contributed by atoms with Crippen molar-refractivity contribution in [2.75, 3.05) is 16.8 Å². The maximum atomic E-state index is 9.94.